The molecule has 1 saturated carbocycles. The molecule has 2 heterocycles. The van der Waals surface area contributed by atoms with Gasteiger partial charge in [-0.05, 0) is 37.1 Å². The number of likely N-dealkylation sites (N-methyl/N-ethyl adjacent to an activating group) is 1. The molecule has 1 aliphatic carbocycles. The number of amides is 1. The molecular weight excluding hydrogens is 537 g/mol. The van der Waals surface area contributed by atoms with E-state index in [-0.39, 0.29) is 48.6 Å². The van der Waals surface area contributed by atoms with Gasteiger partial charge in [0, 0.05) is 44.6 Å². The van der Waals surface area contributed by atoms with Gasteiger partial charge in [-0.3, -0.25) is 9.69 Å². The van der Waals surface area contributed by atoms with E-state index < -0.39 is 0 Å². The number of aliphatic imine (C=N–C) groups is 1. The number of nitrogens with one attached hydrogen (secondary N) is 2. The summed E-state index contributed by atoms with van der Waals surface area (Å²) < 4.78 is 5.76. The molecule has 4 unspecified atom stereocenters. The third-order valence-electron chi connectivity index (χ3n) is 6.35. The van der Waals surface area contributed by atoms with Crippen molar-refractivity contribution >= 4 is 47.2 Å². The Labute approximate surface area is 214 Å². The van der Waals surface area contributed by atoms with Gasteiger partial charge >= 0.3 is 0 Å². The molecule has 2 N–H and O–H groups in total. The molecule has 1 aromatic rings. The van der Waals surface area contributed by atoms with Crippen molar-refractivity contribution in [1.82, 2.24) is 20.4 Å². The van der Waals surface area contributed by atoms with Crippen molar-refractivity contribution in [3.8, 4) is 0 Å². The summed E-state index contributed by atoms with van der Waals surface area (Å²) in [4.78, 5) is 22.2. The maximum absolute atomic E-state index is 12.2. The molecule has 4 atom stereocenters. The van der Waals surface area contributed by atoms with Crippen LogP contribution in [0.3, 0.4) is 0 Å². The van der Waals surface area contributed by atoms with Gasteiger partial charge in [-0.1, -0.05) is 25.8 Å². The van der Waals surface area contributed by atoms with Crippen LogP contribution in [0.25, 0.3) is 0 Å². The van der Waals surface area contributed by atoms with E-state index in [1.165, 1.54) is 24.1 Å². The summed E-state index contributed by atoms with van der Waals surface area (Å²) >= 11 is 1.79. The number of guanidine groups is 1. The zero-order valence-electron chi connectivity index (χ0n) is 19.9. The van der Waals surface area contributed by atoms with Crippen molar-refractivity contribution in [2.24, 2.45) is 10.9 Å². The molecule has 1 aromatic heterocycles. The zero-order valence-corrected chi connectivity index (χ0v) is 23.0. The SMILES string of the molecule is CC1CN(C(CNC(=NCC(=O)N(C)C)NC2CCCCC2C)c2cccs2)CCO1.I. The minimum absolute atomic E-state index is 0. The average molecular weight is 578 g/mol. The van der Waals surface area contributed by atoms with Gasteiger partial charge in [0.2, 0.25) is 5.91 Å². The number of nitrogens with zero attached hydrogens (tertiary/aromatic N) is 3. The van der Waals surface area contributed by atoms with Crippen LogP contribution in [0.4, 0.5) is 0 Å². The predicted octanol–water partition coefficient (Wildman–Crippen LogP) is 3.33. The van der Waals surface area contributed by atoms with E-state index >= 15 is 0 Å². The lowest BCUT2D eigenvalue weighted by Crippen LogP contribution is -2.51. The molecule has 0 bridgehead atoms. The van der Waals surface area contributed by atoms with Crippen LogP contribution >= 0.6 is 35.3 Å². The lowest BCUT2D eigenvalue weighted by molar-refractivity contribution is -0.127. The number of carbonyl (C=O) groups excluding carboxylic acids is 1. The fourth-order valence-corrected chi connectivity index (χ4v) is 5.22. The fraction of sp³-hybridized carbons (Fsp3) is 0.739. The van der Waals surface area contributed by atoms with Crippen LogP contribution < -0.4 is 10.6 Å². The number of halogens is 1. The summed E-state index contributed by atoms with van der Waals surface area (Å²) in [5, 5.41) is 9.35. The first-order valence-electron chi connectivity index (χ1n) is 11.6. The molecule has 2 aliphatic rings. The molecule has 1 saturated heterocycles. The van der Waals surface area contributed by atoms with E-state index in [2.05, 4.69) is 51.9 Å². The molecule has 0 spiro atoms. The number of thiophene rings is 1. The Bertz CT molecular complexity index is 715. The Hall–Kier alpha value is -0.910. The number of rotatable bonds is 7. The standard InChI is InChI=1S/C23H39N5O2S.HI/c1-17-8-5-6-9-19(17)26-23(25-15-22(29)27(3)4)24-14-20(21-10-7-13-31-21)28-11-12-30-18(2)16-28;/h7,10,13,17-20H,5-6,8-9,11-12,14-16H2,1-4H3,(H2,24,25,26);1H. The average Bonchev–Trinajstić information content (AvgIpc) is 3.27. The Morgan fingerprint density at radius 3 is 2.78 bits per heavy atom. The Morgan fingerprint density at radius 1 is 1.34 bits per heavy atom. The Morgan fingerprint density at radius 2 is 2.12 bits per heavy atom. The molecule has 182 valence electrons. The van der Waals surface area contributed by atoms with E-state index in [1.54, 1.807) is 30.3 Å². The van der Waals surface area contributed by atoms with Crippen molar-refractivity contribution < 1.29 is 9.53 Å². The molecule has 0 aromatic carbocycles. The lowest BCUT2D eigenvalue weighted by Gasteiger charge is -2.37. The smallest absolute Gasteiger partial charge is 0.243 e. The highest BCUT2D eigenvalue weighted by Gasteiger charge is 2.27. The van der Waals surface area contributed by atoms with E-state index in [0.29, 0.717) is 12.0 Å². The maximum Gasteiger partial charge on any atom is 0.243 e. The summed E-state index contributed by atoms with van der Waals surface area (Å²) in [5.41, 5.74) is 0. The van der Waals surface area contributed by atoms with Gasteiger partial charge in [0.25, 0.3) is 0 Å². The summed E-state index contributed by atoms with van der Waals surface area (Å²) in [6, 6.07) is 4.98. The van der Waals surface area contributed by atoms with Gasteiger partial charge in [-0.15, -0.1) is 35.3 Å². The van der Waals surface area contributed by atoms with Gasteiger partial charge in [-0.2, -0.15) is 0 Å². The monoisotopic (exact) mass is 577 g/mol. The largest absolute Gasteiger partial charge is 0.376 e. The summed E-state index contributed by atoms with van der Waals surface area (Å²) in [6.07, 6.45) is 5.18. The fourth-order valence-electron chi connectivity index (χ4n) is 4.36. The van der Waals surface area contributed by atoms with Crippen LogP contribution in [0.15, 0.2) is 22.5 Å². The Kier molecular flexibility index (Phi) is 11.7. The normalized spacial score (nSPS) is 25.5. The number of hydrogen-bond donors (Lipinski definition) is 2. The molecule has 1 aliphatic heterocycles. The van der Waals surface area contributed by atoms with Crippen molar-refractivity contribution in [1.29, 1.82) is 0 Å². The number of carbonyl (C=O) groups is 1. The number of ether oxygens (including phenoxy) is 1. The third-order valence-corrected chi connectivity index (χ3v) is 7.33. The first kappa shape index (κ1) is 27.3. The topological polar surface area (TPSA) is 69.2 Å². The van der Waals surface area contributed by atoms with Gasteiger partial charge < -0.3 is 20.3 Å². The number of morpholine rings is 1. The predicted molar refractivity (Wildman–Crippen MR) is 143 cm³/mol. The molecule has 3 rings (SSSR count). The van der Waals surface area contributed by atoms with Gasteiger partial charge in [-0.25, -0.2) is 4.99 Å². The molecule has 1 amide bonds. The van der Waals surface area contributed by atoms with E-state index in [9.17, 15) is 4.79 Å². The quantitative estimate of drug-likeness (QED) is 0.296. The second-order valence-electron chi connectivity index (χ2n) is 9.05. The van der Waals surface area contributed by atoms with Crippen LogP contribution in [-0.2, 0) is 9.53 Å². The second kappa shape index (κ2) is 13.7. The van der Waals surface area contributed by atoms with Gasteiger partial charge in [0.05, 0.1) is 18.8 Å². The first-order chi connectivity index (χ1) is 14.9. The molecule has 7 nitrogen and oxygen atoms in total. The Balaban J connectivity index is 0.00000363. The van der Waals surface area contributed by atoms with Crippen LogP contribution in [0.2, 0.25) is 0 Å². The number of hydrogen-bond acceptors (Lipinski definition) is 5. The summed E-state index contributed by atoms with van der Waals surface area (Å²) in [5.74, 6) is 1.37. The third kappa shape index (κ3) is 8.14. The lowest BCUT2D eigenvalue weighted by atomic mass is 9.86. The van der Waals surface area contributed by atoms with Crippen molar-refractivity contribution in [2.45, 2.75) is 57.7 Å². The van der Waals surface area contributed by atoms with Crippen molar-refractivity contribution in [3.63, 3.8) is 0 Å². The second-order valence-corrected chi connectivity index (χ2v) is 10.0. The van der Waals surface area contributed by atoms with Crippen LogP contribution in [0.1, 0.15) is 50.4 Å². The molecule has 0 radical (unpaired) electrons. The van der Waals surface area contributed by atoms with Gasteiger partial charge in [0.15, 0.2) is 5.96 Å². The zero-order chi connectivity index (χ0) is 22.2. The highest BCUT2D eigenvalue weighted by Crippen LogP contribution is 2.27. The van der Waals surface area contributed by atoms with Crippen molar-refractivity contribution in [3.05, 3.63) is 22.4 Å². The highest BCUT2D eigenvalue weighted by atomic mass is 127. The van der Waals surface area contributed by atoms with Crippen molar-refractivity contribution in [2.75, 3.05) is 46.9 Å². The van der Waals surface area contributed by atoms with Gasteiger partial charge in [0.1, 0.15) is 6.54 Å². The van der Waals surface area contributed by atoms with Crippen LogP contribution in [0.5, 0.6) is 0 Å². The maximum atomic E-state index is 12.2. The first-order valence-corrected chi connectivity index (χ1v) is 12.5. The minimum atomic E-state index is 0. The summed E-state index contributed by atoms with van der Waals surface area (Å²) in [6.45, 7) is 7.95. The molecule has 32 heavy (non-hydrogen) atoms. The van der Waals surface area contributed by atoms with Crippen LogP contribution in [-0.4, -0.2) is 80.7 Å². The molecular formula is C23H40IN5O2S. The van der Waals surface area contributed by atoms with E-state index in [0.717, 1.165) is 38.6 Å². The molecule has 9 heteroatoms. The highest BCUT2D eigenvalue weighted by molar-refractivity contribution is 14.0. The van der Waals surface area contributed by atoms with E-state index in [4.69, 9.17) is 4.74 Å². The van der Waals surface area contributed by atoms with Crippen LogP contribution in [0, 0.1) is 5.92 Å². The molecule has 2 fully saturated rings. The van der Waals surface area contributed by atoms with E-state index in [1.807, 2.05) is 0 Å². The minimum Gasteiger partial charge on any atom is -0.376 e. The summed E-state index contributed by atoms with van der Waals surface area (Å²) in [7, 11) is 3.54.